The largest absolute Gasteiger partial charge is 0.484 e. The number of rotatable bonds is 14. The number of hydrogen-bond donors (Lipinski definition) is 2. The van der Waals surface area contributed by atoms with Gasteiger partial charge in [0, 0.05) is 34.7 Å². The van der Waals surface area contributed by atoms with Gasteiger partial charge in [0.15, 0.2) is 6.61 Å². The van der Waals surface area contributed by atoms with Gasteiger partial charge in [-0.2, -0.15) is 0 Å². The number of esters is 1. The topological polar surface area (TPSA) is 174 Å². The van der Waals surface area contributed by atoms with E-state index in [0.29, 0.717) is 27.8 Å². The Morgan fingerprint density at radius 1 is 0.960 bits per heavy atom. The Hall–Kier alpha value is -4.89. The molecule has 2 N–H and O–H groups in total. The van der Waals surface area contributed by atoms with Gasteiger partial charge in [0.1, 0.15) is 29.5 Å². The molecule has 2 fully saturated rings. The van der Waals surface area contributed by atoms with E-state index >= 15 is 0 Å². The normalized spacial score (nSPS) is 18.4. The summed E-state index contributed by atoms with van der Waals surface area (Å²) < 4.78 is 38.5. The summed E-state index contributed by atoms with van der Waals surface area (Å²) in [6, 6.07) is 19.0. The van der Waals surface area contributed by atoms with Gasteiger partial charge in [-0.25, -0.2) is 13.2 Å². The van der Waals surface area contributed by atoms with Crippen LogP contribution in [0.3, 0.4) is 0 Å². The third-order valence-corrected chi connectivity index (χ3v) is 12.1. The molecule has 3 aromatic rings. The fraction of sp³-hybridized carbons (Fsp3) is 0.343. The lowest BCUT2D eigenvalue weighted by Gasteiger charge is -2.46. The molecule has 2 unspecified atom stereocenters. The van der Waals surface area contributed by atoms with Crippen molar-refractivity contribution in [2.75, 3.05) is 6.61 Å². The second-order valence-electron chi connectivity index (χ2n) is 12.1. The number of carbonyl (C=O) groups excluding carboxylic acids is 3. The summed E-state index contributed by atoms with van der Waals surface area (Å²) in [4.78, 5) is 52.3. The number of carbonyl (C=O) groups is 3. The van der Waals surface area contributed by atoms with Gasteiger partial charge in [0.25, 0.3) is 17.5 Å². The first-order valence-electron chi connectivity index (χ1n) is 16.1. The zero-order chi connectivity index (χ0) is 35.8. The van der Waals surface area contributed by atoms with Gasteiger partial charge in [-0.1, -0.05) is 55.2 Å². The summed E-state index contributed by atoms with van der Waals surface area (Å²) in [5.74, 6) is -1.84. The Balaban J connectivity index is 1.44. The number of para-hydroxylation sites is 1. The number of hydrogen-bond acceptors (Lipinski definition) is 11. The van der Waals surface area contributed by atoms with Gasteiger partial charge in [0.05, 0.1) is 9.82 Å². The molecule has 2 aliphatic rings. The van der Waals surface area contributed by atoms with Crippen molar-refractivity contribution in [3.8, 4) is 5.75 Å². The van der Waals surface area contributed by atoms with E-state index in [9.17, 15) is 32.9 Å². The SMILES string of the molecule is C/C(NC1CCCCC1)=C(/C(=O)OCc1ccc([N+](=O)[O-])cc1)N1C(=O)C(NC(=O)COc2ccccc2)C1SS(=O)(=O)c1ccc(C)cc1. The summed E-state index contributed by atoms with van der Waals surface area (Å²) in [5.41, 5.74) is 1.31. The van der Waals surface area contributed by atoms with Gasteiger partial charge in [-0.15, -0.1) is 0 Å². The molecule has 1 heterocycles. The van der Waals surface area contributed by atoms with Crippen molar-refractivity contribution in [3.63, 3.8) is 0 Å². The first-order valence-corrected chi connectivity index (χ1v) is 19.0. The Morgan fingerprint density at radius 2 is 1.62 bits per heavy atom. The molecule has 5 rings (SSSR count). The Morgan fingerprint density at radius 3 is 2.26 bits per heavy atom. The third-order valence-electron chi connectivity index (χ3n) is 8.34. The molecule has 264 valence electrons. The van der Waals surface area contributed by atoms with Crippen LogP contribution in [-0.4, -0.2) is 60.1 Å². The number of aryl methyl sites for hydroxylation is 1. The van der Waals surface area contributed by atoms with Crippen molar-refractivity contribution in [2.24, 2.45) is 0 Å². The predicted octanol–water partition coefficient (Wildman–Crippen LogP) is 4.95. The van der Waals surface area contributed by atoms with E-state index in [1.165, 1.54) is 36.4 Å². The number of nitrogens with one attached hydrogen (secondary N) is 2. The molecule has 1 saturated carbocycles. The van der Waals surface area contributed by atoms with Crippen LogP contribution in [0.1, 0.15) is 50.2 Å². The molecule has 0 radical (unpaired) electrons. The number of nitrogens with zero attached hydrogens (tertiary/aromatic N) is 2. The minimum Gasteiger partial charge on any atom is -0.484 e. The van der Waals surface area contributed by atoms with E-state index < -0.39 is 49.6 Å². The number of likely N-dealkylation sites (tertiary alicyclic amines) is 1. The van der Waals surface area contributed by atoms with Crippen molar-refractivity contribution in [1.29, 1.82) is 0 Å². The predicted molar refractivity (Wildman–Crippen MR) is 186 cm³/mol. The molecule has 3 aromatic carbocycles. The lowest BCUT2D eigenvalue weighted by Crippen LogP contribution is -2.70. The molecule has 13 nitrogen and oxygen atoms in total. The average Bonchev–Trinajstić information content (AvgIpc) is 3.11. The molecule has 0 aromatic heterocycles. The second kappa shape index (κ2) is 16.2. The van der Waals surface area contributed by atoms with E-state index in [-0.39, 0.29) is 28.9 Å². The van der Waals surface area contributed by atoms with E-state index in [1.807, 2.05) is 6.92 Å². The highest BCUT2D eigenvalue weighted by molar-refractivity contribution is 8.72. The van der Waals surface area contributed by atoms with E-state index in [2.05, 4.69) is 10.6 Å². The van der Waals surface area contributed by atoms with Crippen LogP contribution in [0.5, 0.6) is 5.75 Å². The van der Waals surface area contributed by atoms with E-state index in [1.54, 1.807) is 49.4 Å². The van der Waals surface area contributed by atoms with E-state index in [0.717, 1.165) is 42.6 Å². The number of amides is 2. The zero-order valence-electron chi connectivity index (χ0n) is 27.6. The maximum atomic E-state index is 13.9. The lowest BCUT2D eigenvalue weighted by atomic mass is 9.95. The van der Waals surface area contributed by atoms with Gasteiger partial charge in [-0.3, -0.25) is 24.6 Å². The third kappa shape index (κ3) is 9.01. The van der Waals surface area contributed by atoms with Gasteiger partial charge >= 0.3 is 5.97 Å². The molecule has 50 heavy (non-hydrogen) atoms. The summed E-state index contributed by atoms with van der Waals surface area (Å²) in [6.45, 7) is 2.74. The average molecular weight is 723 g/mol. The maximum absolute atomic E-state index is 13.9. The number of ether oxygens (including phenoxy) is 2. The van der Waals surface area contributed by atoms with Gasteiger partial charge in [-0.05, 0) is 68.7 Å². The molecule has 2 amide bonds. The summed E-state index contributed by atoms with van der Waals surface area (Å²) >= 11 is 0. The quantitative estimate of drug-likeness (QED) is 0.0575. The summed E-state index contributed by atoms with van der Waals surface area (Å²) in [7, 11) is -3.67. The number of β-lactam (4-membered cyclic amide) rings is 1. The molecular formula is C35H38N4O9S2. The van der Waals surface area contributed by atoms with Crippen molar-refractivity contribution >= 4 is 43.1 Å². The Bertz CT molecular complexity index is 1840. The van der Waals surface area contributed by atoms with Crippen LogP contribution >= 0.6 is 10.8 Å². The number of allylic oxidation sites excluding steroid dienone is 1. The van der Waals surface area contributed by atoms with Crippen LogP contribution in [0.2, 0.25) is 0 Å². The van der Waals surface area contributed by atoms with Crippen LogP contribution in [0.4, 0.5) is 5.69 Å². The van der Waals surface area contributed by atoms with Crippen LogP contribution in [-0.2, 0) is 34.6 Å². The second-order valence-corrected chi connectivity index (χ2v) is 16.0. The fourth-order valence-corrected chi connectivity index (χ4v) is 9.16. The van der Waals surface area contributed by atoms with Crippen LogP contribution in [0.15, 0.2) is 95.2 Å². The molecular weight excluding hydrogens is 685 g/mol. The van der Waals surface area contributed by atoms with Crippen molar-refractivity contribution in [3.05, 3.63) is 111 Å². The number of nitro benzene ring substituents is 1. The van der Waals surface area contributed by atoms with Crippen LogP contribution in [0, 0.1) is 17.0 Å². The first-order chi connectivity index (χ1) is 23.9. The van der Waals surface area contributed by atoms with Crippen LogP contribution in [0.25, 0.3) is 0 Å². The smallest absolute Gasteiger partial charge is 0.357 e. The molecule has 1 aliphatic heterocycles. The Kier molecular flexibility index (Phi) is 11.8. The first kappa shape index (κ1) is 36.4. The van der Waals surface area contributed by atoms with Crippen LogP contribution < -0.4 is 15.4 Å². The fourth-order valence-electron chi connectivity index (χ4n) is 5.69. The zero-order valence-corrected chi connectivity index (χ0v) is 29.2. The van der Waals surface area contributed by atoms with Crippen molar-refractivity contribution in [1.82, 2.24) is 15.5 Å². The highest BCUT2D eigenvalue weighted by Crippen LogP contribution is 2.40. The van der Waals surface area contributed by atoms with Gasteiger partial charge < -0.3 is 20.1 Å². The molecule has 15 heteroatoms. The number of non-ortho nitro benzene ring substituents is 1. The minimum absolute atomic E-state index is 0.00628. The standard InChI is InChI=1S/C35H38N4O9S2/c1-23-13-19-29(20-14-23)50(45,46)49-34-31(37-30(40)22-47-28-11-7-4-8-12-28)33(41)38(34)32(24(2)36-26-9-5-3-6-10-26)35(42)48-21-25-15-17-27(18-16-25)39(43)44/h4,7-8,11-20,26,31,34,36H,3,5-6,9-10,21-22H2,1-2H3,(H,37,40)/b32-24+. The molecule has 0 bridgehead atoms. The molecule has 2 atom stereocenters. The highest BCUT2D eigenvalue weighted by atomic mass is 33.1. The Labute approximate surface area is 293 Å². The molecule has 1 saturated heterocycles. The number of benzene rings is 3. The lowest BCUT2D eigenvalue weighted by molar-refractivity contribution is -0.384. The van der Waals surface area contributed by atoms with Gasteiger partial charge in [0.2, 0.25) is 8.87 Å². The van der Waals surface area contributed by atoms with E-state index in [4.69, 9.17) is 9.47 Å². The molecule has 1 aliphatic carbocycles. The summed E-state index contributed by atoms with van der Waals surface area (Å²) in [5, 5.41) is 15.8. The minimum atomic E-state index is -4.11. The molecule has 0 spiro atoms. The van der Waals surface area contributed by atoms with Crippen molar-refractivity contribution in [2.45, 2.75) is 74.9 Å². The monoisotopic (exact) mass is 722 g/mol. The number of nitro groups is 1. The van der Waals surface area contributed by atoms with Crippen molar-refractivity contribution < 1.29 is 37.2 Å². The highest BCUT2D eigenvalue weighted by Gasteiger charge is 2.54. The summed E-state index contributed by atoms with van der Waals surface area (Å²) in [6.07, 6.45) is 4.74. The maximum Gasteiger partial charge on any atom is 0.357 e.